The van der Waals surface area contributed by atoms with Crippen LogP contribution in [0.15, 0.2) is 0 Å². The second-order valence-electron chi connectivity index (χ2n) is 6.10. The zero-order valence-corrected chi connectivity index (χ0v) is 11.7. The lowest BCUT2D eigenvalue weighted by Crippen LogP contribution is -2.51. The Morgan fingerprint density at radius 2 is 1.89 bits per heavy atom. The van der Waals surface area contributed by atoms with Crippen LogP contribution in [-0.4, -0.2) is 34.6 Å². The number of carboxylic acids is 1. The maximum absolute atomic E-state index is 11.6. The Balaban J connectivity index is 2.00. The number of aliphatic carboxylic acids is 1. The highest BCUT2D eigenvalue weighted by Crippen LogP contribution is 2.35. The van der Waals surface area contributed by atoms with E-state index < -0.39 is 11.5 Å². The Kier molecular flexibility index (Phi) is 4.66. The molecule has 104 valence electrons. The topological polar surface area (TPSA) is 40.5 Å². The maximum atomic E-state index is 11.6. The summed E-state index contributed by atoms with van der Waals surface area (Å²) in [5.74, 6) is 0.131. The minimum absolute atomic E-state index is 0.549. The summed E-state index contributed by atoms with van der Waals surface area (Å²) < 4.78 is 0. The summed E-state index contributed by atoms with van der Waals surface area (Å²) in [7, 11) is 0. The van der Waals surface area contributed by atoms with E-state index in [1.165, 1.54) is 38.5 Å². The Bertz CT molecular complexity index is 284. The molecule has 1 saturated carbocycles. The molecule has 18 heavy (non-hydrogen) atoms. The first-order valence-corrected chi connectivity index (χ1v) is 7.67. The molecule has 3 nitrogen and oxygen atoms in total. The van der Waals surface area contributed by atoms with Crippen LogP contribution in [-0.2, 0) is 4.79 Å². The van der Waals surface area contributed by atoms with Gasteiger partial charge in [-0.25, -0.2) is 0 Å². The predicted octanol–water partition coefficient (Wildman–Crippen LogP) is 3.29. The van der Waals surface area contributed by atoms with Gasteiger partial charge in [0.1, 0.15) is 5.54 Å². The third-order valence-electron chi connectivity index (χ3n) is 5.06. The summed E-state index contributed by atoms with van der Waals surface area (Å²) >= 11 is 0. The van der Waals surface area contributed by atoms with E-state index in [1.54, 1.807) is 0 Å². The summed E-state index contributed by atoms with van der Waals surface area (Å²) in [6.45, 7) is 4.02. The van der Waals surface area contributed by atoms with Crippen molar-refractivity contribution < 1.29 is 9.90 Å². The van der Waals surface area contributed by atoms with Crippen LogP contribution in [0.5, 0.6) is 0 Å². The minimum atomic E-state index is -0.601. The van der Waals surface area contributed by atoms with Crippen molar-refractivity contribution in [3.8, 4) is 0 Å². The normalized spacial score (nSPS) is 31.4. The van der Waals surface area contributed by atoms with Crippen LogP contribution in [0.1, 0.15) is 64.7 Å². The number of hydrogen-bond donors (Lipinski definition) is 1. The molecule has 0 amide bonds. The van der Waals surface area contributed by atoms with E-state index in [4.69, 9.17) is 0 Å². The number of likely N-dealkylation sites (tertiary alicyclic amines) is 1. The van der Waals surface area contributed by atoms with Crippen LogP contribution in [0.25, 0.3) is 0 Å². The quantitative estimate of drug-likeness (QED) is 0.782. The van der Waals surface area contributed by atoms with E-state index in [0.29, 0.717) is 0 Å². The Morgan fingerprint density at radius 3 is 2.44 bits per heavy atom. The first-order chi connectivity index (χ1) is 8.69. The molecular weight excluding hydrogens is 226 g/mol. The number of carboxylic acid groups (broad SMARTS) is 1. The second-order valence-corrected chi connectivity index (χ2v) is 6.10. The average molecular weight is 253 g/mol. The van der Waals surface area contributed by atoms with Crippen LogP contribution in [0, 0.1) is 5.92 Å². The number of carbonyl (C=O) groups is 1. The van der Waals surface area contributed by atoms with Crippen molar-refractivity contribution in [3.05, 3.63) is 0 Å². The van der Waals surface area contributed by atoms with Gasteiger partial charge in [-0.3, -0.25) is 9.69 Å². The van der Waals surface area contributed by atoms with Crippen molar-refractivity contribution in [2.24, 2.45) is 5.92 Å². The lowest BCUT2D eigenvalue weighted by Gasteiger charge is -2.36. The number of rotatable bonds is 4. The first kappa shape index (κ1) is 13.9. The molecule has 0 radical (unpaired) electrons. The molecule has 2 aliphatic rings. The lowest BCUT2D eigenvalue weighted by atomic mass is 9.91. The Labute approximate surface area is 111 Å². The largest absolute Gasteiger partial charge is 0.480 e. The van der Waals surface area contributed by atoms with Gasteiger partial charge in [-0.15, -0.1) is 0 Å². The van der Waals surface area contributed by atoms with Gasteiger partial charge in [-0.05, 0) is 44.6 Å². The Morgan fingerprint density at radius 1 is 1.22 bits per heavy atom. The third kappa shape index (κ3) is 2.71. The van der Waals surface area contributed by atoms with Gasteiger partial charge in [0, 0.05) is 6.54 Å². The summed E-state index contributed by atoms with van der Waals surface area (Å²) in [5, 5.41) is 9.58. The van der Waals surface area contributed by atoms with E-state index >= 15 is 0 Å². The summed E-state index contributed by atoms with van der Waals surface area (Å²) in [5.41, 5.74) is -0.549. The highest BCUT2D eigenvalue weighted by Gasteiger charge is 2.46. The van der Waals surface area contributed by atoms with Gasteiger partial charge in [-0.1, -0.05) is 32.6 Å². The third-order valence-corrected chi connectivity index (χ3v) is 5.06. The minimum Gasteiger partial charge on any atom is -0.480 e. The van der Waals surface area contributed by atoms with E-state index in [0.717, 1.165) is 38.3 Å². The molecule has 0 spiro atoms. The van der Waals surface area contributed by atoms with Crippen molar-refractivity contribution >= 4 is 5.97 Å². The van der Waals surface area contributed by atoms with Crippen LogP contribution in [0.4, 0.5) is 0 Å². The molecule has 1 heterocycles. The maximum Gasteiger partial charge on any atom is 0.324 e. The molecule has 1 N–H and O–H groups in total. The Hall–Kier alpha value is -0.570. The fourth-order valence-corrected chi connectivity index (χ4v) is 3.85. The molecule has 2 rings (SSSR count). The van der Waals surface area contributed by atoms with Gasteiger partial charge in [0.05, 0.1) is 0 Å². The van der Waals surface area contributed by atoms with Gasteiger partial charge < -0.3 is 5.11 Å². The molecule has 1 saturated heterocycles. The molecular formula is C15H27NO2. The van der Waals surface area contributed by atoms with Crippen molar-refractivity contribution in [2.45, 2.75) is 70.3 Å². The van der Waals surface area contributed by atoms with Crippen LogP contribution >= 0.6 is 0 Å². The zero-order chi connectivity index (χ0) is 13.0. The molecule has 0 aromatic rings. The van der Waals surface area contributed by atoms with E-state index in [9.17, 15) is 9.90 Å². The van der Waals surface area contributed by atoms with Gasteiger partial charge in [0.2, 0.25) is 0 Å². The summed E-state index contributed by atoms with van der Waals surface area (Å²) in [6, 6.07) is 0. The fraction of sp³-hybridized carbons (Fsp3) is 0.933. The van der Waals surface area contributed by atoms with E-state index in [1.807, 2.05) is 6.92 Å². The first-order valence-electron chi connectivity index (χ1n) is 7.67. The molecule has 0 aromatic carbocycles. The molecule has 2 fully saturated rings. The van der Waals surface area contributed by atoms with Crippen LogP contribution < -0.4 is 0 Å². The molecule has 0 bridgehead atoms. The SMILES string of the molecule is CCC1(C(=O)O)CCCN1CC1CCCCCC1. The number of hydrogen-bond acceptors (Lipinski definition) is 2. The van der Waals surface area contributed by atoms with Gasteiger partial charge in [0.25, 0.3) is 0 Å². The fourth-order valence-electron chi connectivity index (χ4n) is 3.85. The van der Waals surface area contributed by atoms with Crippen molar-refractivity contribution in [3.63, 3.8) is 0 Å². The van der Waals surface area contributed by atoms with Crippen molar-refractivity contribution in [1.29, 1.82) is 0 Å². The average Bonchev–Trinajstić information content (AvgIpc) is 2.58. The van der Waals surface area contributed by atoms with Gasteiger partial charge in [0.15, 0.2) is 0 Å². The van der Waals surface area contributed by atoms with Crippen LogP contribution in [0.2, 0.25) is 0 Å². The highest BCUT2D eigenvalue weighted by molar-refractivity contribution is 5.79. The smallest absolute Gasteiger partial charge is 0.324 e. The lowest BCUT2D eigenvalue weighted by molar-refractivity contribution is -0.150. The summed E-state index contributed by atoms with van der Waals surface area (Å²) in [6.07, 6.45) is 10.7. The molecule has 1 unspecified atom stereocenters. The van der Waals surface area contributed by atoms with E-state index in [-0.39, 0.29) is 0 Å². The number of nitrogens with zero attached hydrogens (tertiary/aromatic N) is 1. The molecule has 1 aliphatic carbocycles. The summed E-state index contributed by atoms with van der Waals surface area (Å²) in [4.78, 5) is 13.9. The molecule has 3 heteroatoms. The van der Waals surface area contributed by atoms with E-state index in [2.05, 4.69) is 4.90 Å². The standard InChI is InChI=1S/C15H27NO2/c1-2-15(14(17)18)10-7-11-16(15)12-13-8-5-3-4-6-9-13/h13H,2-12H2,1H3,(H,17,18). The van der Waals surface area contributed by atoms with Crippen LogP contribution in [0.3, 0.4) is 0 Å². The predicted molar refractivity (Wildman–Crippen MR) is 72.7 cm³/mol. The highest BCUT2D eigenvalue weighted by atomic mass is 16.4. The van der Waals surface area contributed by atoms with Gasteiger partial charge in [-0.2, -0.15) is 0 Å². The van der Waals surface area contributed by atoms with Crippen molar-refractivity contribution in [2.75, 3.05) is 13.1 Å². The van der Waals surface area contributed by atoms with Crippen molar-refractivity contribution in [1.82, 2.24) is 4.90 Å². The van der Waals surface area contributed by atoms with Gasteiger partial charge >= 0.3 is 5.97 Å². The molecule has 1 aliphatic heterocycles. The zero-order valence-electron chi connectivity index (χ0n) is 11.7. The second kappa shape index (κ2) is 6.05. The monoisotopic (exact) mass is 253 g/mol. The molecule has 0 aromatic heterocycles. The molecule has 1 atom stereocenters.